The van der Waals surface area contributed by atoms with Crippen molar-refractivity contribution in [1.82, 2.24) is 4.98 Å². The summed E-state index contributed by atoms with van der Waals surface area (Å²) in [5.74, 6) is 0.754. The number of pyridine rings is 1. The van der Waals surface area contributed by atoms with Gasteiger partial charge in [-0.2, -0.15) is 0 Å². The number of hydrogen-bond donors (Lipinski definition) is 2. The van der Waals surface area contributed by atoms with Crippen LogP contribution in [-0.4, -0.2) is 11.4 Å². The highest BCUT2D eigenvalue weighted by molar-refractivity contribution is 7.19. The minimum Gasteiger partial charge on any atom is -0.397 e. The SMILES string of the molecule is Cc1sc2nc3c(c(C4CC4)c2c1N)CCC3(C)C.NC=O. The predicted molar refractivity (Wildman–Crippen MR) is 92.3 cm³/mol. The Morgan fingerprint density at radius 2 is 2.00 bits per heavy atom. The van der Waals surface area contributed by atoms with Crippen molar-refractivity contribution in [3.05, 3.63) is 21.7 Å². The number of rotatable bonds is 1. The van der Waals surface area contributed by atoms with Crippen LogP contribution in [0.4, 0.5) is 5.69 Å². The van der Waals surface area contributed by atoms with Gasteiger partial charge in [-0.25, -0.2) is 4.98 Å². The second kappa shape index (κ2) is 5.23. The Balaban J connectivity index is 0.000000446. The number of carbonyl (C=O) groups is 1. The van der Waals surface area contributed by atoms with Crippen molar-refractivity contribution in [3.8, 4) is 0 Å². The number of anilines is 1. The maximum Gasteiger partial charge on any atom is 0.204 e. The highest BCUT2D eigenvalue weighted by Gasteiger charge is 2.39. The fourth-order valence-corrected chi connectivity index (χ4v) is 4.48. The van der Waals surface area contributed by atoms with Gasteiger partial charge < -0.3 is 11.5 Å². The molecule has 0 bridgehead atoms. The lowest BCUT2D eigenvalue weighted by Gasteiger charge is -2.18. The number of aromatic nitrogens is 1. The van der Waals surface area contributed by atoms with Gasteiger partial charge in [-0.1, -0.05) is 13.8 Å². The van der Waals surface area contributed by atoms with E-state index in [-0.39, 0.29) is 11.8 Å². The van der Waals surface area contributed by atoms with Gasteiger partial charge in [-0.05, 0) is 49.7 Å². The molecule has 5 heteroatoms. The number of thiophene rings is 1. The van der Waals surface area contributed by atoms with Crippen LogP contribution < -0.4 is 11.5 Å². The van der Waals surface area contributed by atoms with Crippen LogP contribution in [0.2, 0.25) is 0 Å². The zero-order valence-corrected chi connectivity index (χ0v) is 14.2. The van der Waals surface area contributed by atoms with E-state index in [2.05, 4.69) is 26.5 Å². The Hall–Kier alpha value is -1.62. The van der Waals surface area contributed by atoms with Gasteiger partial charge in [0.15, 0.2) is 0 Å². The Morgan fingerprint density at radius 3 is 2.59 bits per heavy atom. The molecule has 2 aliphatic rings. The summed E-state index contributed by atoms with van der Waals surface area (Å²) in [6.45, 7) is 6.78. The van der Waals surface area contributed by atoms with Crippen LogP contribution in [-0.2, 0) is 16.6 Å². The molecular formula is C17H23N3OS. The maximum absolute atomic E-state index is 8.58. The number of aryl methyl sites for hydroxylation is 1. The van der Waals surface area contributed by atoms with E-state index >= 15 is 0 Å². The van der Waals surface area contributed by atoms with Gasteiger partial charge in [0, 0.05) is 15.7 Å². The molecule has 0 radical (unpaired) electrons. The summed E-state index contributed by atoms with van der Waals surface area (Å²) in [5, 5.41) is 1.29. The maximum atomic E-state index is 8.58. The molecule has 0 atom stereocenters. The Morgan fingerprint density at radius 1 is 1.36 bits per heavy atom. The highest BCUT2D eigenvalue weighted by Crippen LogP contribution is 2.52. The predicted octanol–water partition coefficient (Wildman–Crippen LogP) is 3.39. The normalized spacial score (nSPS) is 18.7. The molecule has 0 aliphatic heterocycles. The van der Waals surface area contributed by atoms with E-state index in [0.717, 1.165) is 11.6 Å². The standard InChI is InChI=1S/C16H20N2S.CH3NO/c1-8-13(17)12-11(9-4-5-9)10-6-7-16(2,3)14(10)18-15(12)19-8;2-1-3/h9H,4-7,17H2,1-3H3;1H,(H2,2,3). The number of nitrogen functional groups attached to an aromatic ring is 1. The van der Waals surface area contributed by atoms with Gasteiger partial charge in [0.05, 0.1) is 11.4 Å². The molecule has 0 spiro atoms. The first-order chi connectivity index (χ1) is 10.4. The van der Waals surface area contributed by atoms with Gasteiger partial charge in [0.2, 0.25) is 6.41 Å². The number of fused-ring (bicyclic) bond motifs is 2. The van der Waals surface area contributed by atoms with Crippen LogP contribution in [0.5, 0.6) is 0 Å². The third kappa shape index (κ3) is 2.28. The molecule has 2 aromatic rings. The lowest BCUT2D eigenvalue weighted by atomic mass is 9.89. The van der Waals surface area contributed by atoms with Crippen LogP contribution in [0.15, 0.2) is 0 Å². The van der Waals surface area contributed by atoms with Gasteiger partial charge in [-0.3, -0.25) is 4.79 Å². The number of nitrogens with zero attached hydrogens (tertiary/aromatic N) is 1. The quantitative estimate of drug-likeness (QED) is 0.791. The first kappa shape index (κ1) is 15.3. The summed E-state index contributed by atoms with van der Waals surface area (Å²) in [6, 6.07) is 0. The van der Waals surface area contributed by atoms with E-state index in [1.807, 2.05) is 0 Å². The van der Waals surface area contributed by atoms with Crippen LogP contribution >= 0.6 is 11.3 Å². The first-order valence-electron chi connectivity index (χ1n) is 7.78. The summed E-state index contributed by atoms with van der Waals surface area (Å²) >= 11 is 1.77. The molecule has 4 rings (SSSR count). The summed E-state index contributed by atoms with van der Waals surface area (Å²) < 4.78 is 0. The molecule has 0 saturated heterocycles. The number of primary amides is 1. The van der Waals surface area contributed by atoms with Crippen molar-refractivity contribution in [2.24, 2.45) is 5.73 Å². The summed E-state index contributed by atoms with van der Waals surface area (Å²) in [4.78, 5) is 16.0. The van der Waals surface area contributed by atoms with E-state index in [1.54, 1.807) is 16.9 Å². The Bertz CT molecular complexity index is 744. The zero-order chi connectivity index (χ0) is 16.1. The van der Waals surface area contributed by atoms with E-state index in [9.17, 15) is 0 Å². The number of amides is 1. The molecule has 4 N–H and O–H groups in total. The van der Waals surface area contributed by atoms with Gasteiger partial charge in [0.25, 0.3) is 0 Å². The minimum absolute atomic E-state index is 0.236. The van der Waals surface area contributed by atoms with E-state index < -0.39 is 0 Å². The van der Waals surface area contributed by atoms with E-state index in [1.165, 1.54) is 52.0 Å². The van der Waals surface area contributed by atoms with Crippen molar-refractivity contribution in [2.45, 2.75) is 57.8 Å². The molecule has 2 heterocycles. The smallest absolute Gasteiger partial charge is 0.204 e. The Labute approximate surface area is 134 Å². The van der Waals surface area contributed by atoms with E-state index in [0.29, 0.717) is 0 Å². The largest absolute Gasteiger partial charge is 0.397 e. The second-order valence-electron chi connectivity index (χ2n) is 6.90. The van der Waals surface area contributed by atoms with Crippen LogP contribution in [0.25, 0.3) is 10.2 Å². The summed E-state index contributed by atoms with van der Waals surface area (Å²) in [6.07, 6.45) is 5.33. The fraction of sp³-hybridized carbons (Fsp3) is 0.529. The van der Waals surface area contributed by atoms with Gasteiger partial charge in [0.1, 0.15) is 4.83 Å². The highest BCUT2D eigenvalue weighted by atomic mass is 32.1. The average molecular weight is 317 g/mol. The molecule has 1 fully saturated rings. The van der Waals surface area contributed by atoms with Crippen LogP contribution in [0.1, 0.15) is 60.7 Å². The zero-order valence-electron chi connectivity index (χ0n) is 13.4. The van der Waals surface area contributed by atoms with Crippen molar-refractivity contribution >= 4 is 33.7 Å². The molecule has 0 aromatic carbocycles. The lowest BCUT2D eigenvalue weighted by Crippen LogP contribution is -2.14. The van der Waals surface area contributed by atoms with E-state index in [4.69, 9.17) is 15.5 Å². The topological polar surface area (TPSA) is 82.0 Å². The number of hydrogen-bond acceptors (Lipinski definition) is 4. The summed E-state index contributed by atoms with van der Waals surface area (Å²) in [5.41, 5.74) is 16.2. The average Bonchev–Trinajstić information content (AvgIpc) is 3.19. The van der Waals surface area contributed by atoms with Crippen LogP contribution in [0.3, 0.4) is 0 Å². The molecule has 0 unspecified atom stereocenters. The minimum atomic E-state index is 0.236. The molecule has 2 aromatic heterocycles. The molecule has 118 valence electrons. The third-order valence-corrected chi connectivity index (χ3v) is 5.85. The molecule has 2 aliphatic carbocycles. The van der Waals surface area contributed by atoms with Gasteiger partial charge >= 0.3 is 0 Å². The molecular weight excluding hydrogens is 294 g/mol. The van der Waals surface area contributed by atoms with Crippen molar-refractivity contribution < 1.29 is 4.79 Å². The fourth-order valence-electron chi connectivity index (χ4n) is 3.52. The first-order valence-corrected chi connectivity index (χ1v) is 8.59. The molecule has 4 nitrogen and oxygen atoms in total. The number of nitrogens with two attached hydrogens (primary N) is 2. The van der Waals surface area contributed by atoms with Crippen molar-refractivity contribution in [2.75, 3.05) is 5.73 Å². The molecule has 1 amide bonds. The van der Waals surface area contributed by atoms with Crippen molar-refractivity contribution in [3.63, 3.8) is 0 Å². The molecule has 1 saturated carbocycles. The summed E-state index contributed by atoms with van der Waals surface area (Å²) in [7, 11) is 0. The van der Waals surface area contributed by atoms with Crippen molar-refractivity contribution in [1.29, 1.82) is 0 Å². The van der Waals surface area contributed by atoms with Gasteiger partial charge in [-0.15, -0.1) is 11.3 Å². The monoisotopic (exact) mass is 317 g/mol. The Kier molecular flexibility index (Phi) is 3.63. The molecule has 22 heavy (non-hydrogen) atoms. The second-order valence-corrected chi connectivity index (χ2v) is 8.10. The van der Waals surface area contributed by atoms with Crippen LogP contribution in [0, 0.1) is 6.92 Å². The lowest BCUT2D eigenvalue weighted by molar-refractivity contribution is -0.106. The third-order valence-electron chi connectivity index (χ3n) is 4.83. The number of carbonyl (C=O) groups excluding carboxylic acids is 1.